The maximum atomic E-state index is 12.6. The zero-order chi connectivity index (χ0) is 17.7. The molecule has 0 aliphatic heterocycles. The van der Waals surface area contributed by atoms with Gasteiger partial charge < -0.3 is 10.1 Å². The number of sulfonamides is 1. The van der Waals surface area contributed by atoms with Crippen molar-refractivity contribution in [3.05, 3.63) is 47.5 Å². The van der Waals surface area contributed by atoms with Crippen LogP contribution in [0, 0.1) is 0 Å². The van der Waals surface area contributed by atoms with Gasteiger partial charge in [0.2, 0.25) is 5.91 Å². The van der Waals surface area contributed by atoms with E-state index in [4.69, 9.17) is 16.3 Å². The highest BCUT2D eigenvalue weighted by atomic mass is 35.5. The summed E-state index contributed by atoms with van der Waals surface area (Å²) in [5.41, 5.74) is 0.612. The van der Waals surface area contributed by atoms with Crippen molar-refractivity contribution in [1.82, 2.24) is 0 Å². The van der Waals surface area contributed by atoms with Gasteiger partial charge in [-0.25, -0.2) is 8.42 Å². The number of rotatable bonds is 6. The Morgan fingerprint density at radius 1 is 1.21 bits per heavy atom. The number of hydrogen-bond acceptors (Lipinski definition) is 4. The highest BCUT2D eigenvalue weighted by Crippen LogP contribution is 2.30. The summed E-state index contributed by atoms with van der Waals surface area (Å²) in [4.78, 5) is 11.5. The van der Waals surface area contributed by atoms with Crippen molar-refractivity contribution in [2.75, 3.05) is 17.1 Å². The lowest BCUT2D eigenvalue weighted by molar-refractivity contribution is -0.115. The van der Waals surface area contributed by atoms with Crippen LogP contribution in [0.1, 0.15) is 13.3 Å². The molecule has 0 aliphatic rings. The molecule has 0 aliphatic carbocycles. The molecule has 2 rings (SSSR count). The molecule has 0 atom stereocenters. The molecule has 0 unspecified atom stereocenters. The normalized spacial score (nSPS) is 11.0. The van der Waals surface area contributed by atoms with E-state index in [1.54, 1.807) is 31.2 Å². The van der Waals surface area contributed by atoms with Gasteiger partial charge in [-0.15, -0.1) is 0 Å². The van der Waals surface area contributed by atoms with Gasteiger partial charge in [0.05, 0.1) is 17.8 Å². The number of carbonyl (C=O) groups is 1. The summed E-state index contributed by atoms with van der Waals surface area (Å²) >= 11 is 6.06. The van der Waals surface area contributed by atoms with Crippen LogP contribution in [-0.4, -0.2) is 21.4 Å². The molecule has 2 aromatic rings. The molecule has 24 heavy (non-hydrogen) atoms. The Bertz CT molecular complexity index is 853. The summed E-state index contributed by atoms with van der Waals surface area (Å²) in [6.45, 7) is 1.72. The van der Waals surface area contributed by atoms with E-state index in [-0.39, 0.29) is 27.3 Å². The third-order valence-electron chi connectivity index (χ3n) is 3.17. The van der Waals surface area contributed by atoms with Crippen molar-refractivity contribution in [1.29, 1.82) is 0 Å². The number of nitrogens with one attached hydrogen (secondary N) is 2. The summed E-state index contributed by atoms with van der Waals surface area (Å²) in [6.07, 6.45) is 0.310. The molecular formula is C16H17ClN2O4S. The first-order valence-corrected chi connectivity index (χ1v) is 8.98. The van der Waals surface area contributed by atoms with Crippen LogP contribution >= 0.6 is 11.6 Å². The fourth-order valence-electron chi connectivity index (χ4n) is 1.97. The van der Waals surface area contributed by atoms with E-state index in [1.165, 1.54) is 25.3 Å². The van der Waals surface area contributed by atoms with Crippen molar-refractivity contribution < 1.29 is 17.9 Å². The van der Waals surface area contributed by atoms with Crippen LogP contribution in [-0.2, 0) is 14.8 Å². The number of para-hydroxylation sites is 1. The molecule has 0 aromatic heterocycles. The van der Waals surface area contributed by atoms with E-state index in [1.807, 2.05) is 0 Å². The molecule has 0 saturated carbocycles. The van der Waals surface area contributed by atoms with Gasteiger partial charge in [0, 0.05) is 12.1 Å². The van der Waals surface area contributed by atoms with Gasteiger partial charge in [0.1, 0.15) is 10.6 Å². The van der Waals surface area contributed by atoms with E-state index in [2.05, 4.69) is 10.0 Å². The summed E-state index contributed by atoms with van der Waals surface area (Å²) in [5.74, 6) is 0.0346. The van der Waals surface area contributed by atoms with Crippen LogP contribution in [0.2, 0.25) is 5.02 Å². The van der Waals surface area contributed by atoms with Crippen LogP contribution in [0.25, 0.3) is 0 Å². The lowest BCUT2D eigenvalue weighted by Crippen LogP contribution is -2.15. The molecule has 0 spiro atoms. The minimum atomic E-state index is -3.90. The second-order valence-electron chi connectivity index (χ2n) is 4.85. The van der Waals surface area contributed by atoms with E-state index in [9.17, 15) is 13.2 Å². The Labute approximate surface area is 145 Å². The van der Waals surface area contributed by atoms with Gasteiger partial charge in [-0.05, 0) is 30.3 Å². The van der Waals surface area contributed by atoms with Crippen molar-refractivity contribution in [2.45, 2.75) is 18.2 Å². The average Bonchev–Trinajstić information content (AvgIpc) is 2.57. The van der Waals surface area contributed by atoms with Gasteiger partial charge in [-0.3, -0.25) is 9.52 Å². The molecule has 0 bridgehead atoms. The van der Waals surface area contributed by atoms with Crippen LogP contribution in [0.5, 0.6) is 5.75 Å². The van der Waals surface area contributed by atoms with Crippen LogP contribution in [0.3, 0.4) is 0 Å². The average molecular weight is 369 g/mol. The predicted octanol–water partition coefficient (Wildman–Crippen LogP) is 3.50. The molecule has 2 N–H and O–H groups in total. The van der Waals surface area contributed by atoms with Crippen LogP contribution in [0.4, 0.5) is 11.4 Å². The zero-order valence-electron chi connectivity index (χ0n) is 13.2. The summed E-state index contributed by atoms with van der Waals surface area (Å²) in [5, 5.41) is 2.86. The van der Waals surface area contributed by atoms with Crippen molar-refractivity contribution >= 4 is 38.9 Å². The molecule has 2 aromatic carbocycles. The zero-order valence-corrected chi connectivity index (χ0v) is 14.7. The monoisotopic (exact) mass is 368 g/mol. The van der Waals surface area contributed by atoms with E-state index >= 15 is 0 Å². The number of amides is 1. The Hall–Kier alpha value is -2.25. The van der Waals surface area contributed by atoms with Crippen molar-refractivity contribution in [3.63, 3.8) is 0 Å². The van der Waals surface area contributed by atoms with E-state index in [0.717, 1.165) is 0 Å². The number of hydrogen-bond donors (Lipinski definition) is 2. The maximum absolute atomic E-state index is 12.6. The number of methoxy groups -OCH3 is 1. The quantitative estimate of drug-likeness (QED) is 0.817. The Balaban J connectivity index is 2.35. The molecule has 128 valence electrons. The number of carbonyl (C=O) groups excluding carboxylic acids is 1. The second-order valence-corrected chi connectivity index (χ2v) is 6.91. The summed E-state index contributed by atoms with van der Waals surface area (Å²) in [6, 6.07) is 10.8. The predicted molar refractivity (Wildman–Crippen MR) is 94.2 cm³/mol. The highest BCUT2D eigenvalue weighted by molar-refractivity contribution is 7.92. The number of anilines is 2. The summed E-state index contributed by atoms with van der Waals surface area (Å²) in [7, 11) is -2.51. The number of ether oxygens (including phenoxy) is 1. The molecule has 0 radical (unpaired) electrons. The minimum Gasteiger partial charge on any atom is -0.495 e. The molecule has 0 saturated heterocycles. The van der Waals surface area contributed by atoms with E-state index in [0.29, 0.717) is 12.1 Å². The van der Waals surface area contributed by atoms with Gasteiger partial charge in [0.15, 0.2) is 0 Å². The van der Waals surface area contributed by atoms with Crippen molar-refractivity contribution in [2.24, 2.45) is 0 Å². The fourth-order valence-corrected chi connectivity index (χ4v) is 3.43. The first-order valence-electron chi connectivity index (χ1n) is 7.12. The largest absolute Gasteiger partial charge is 0.495 e. The topological polar surface area (TPSA) is 84.5 Å². The first-order chi connectivity index (χ1) is 11.4. The van der Waals surface area contributed by atoms with Gasteiger partial charge in [-0.1, -0.05) is 30.7 Å². The smallest absolute Gasteiger partial charge is 0.265 e. The first kappa shape index (κ1) is 18.1. The van der Waals surface area contributed by atoms with Gasteiger partial charge in [0.25, 0.3) is 10.0 Å². The van der Waals surface area contributed by atoms with Crippen LogP contribution in [0.15, 0.2) is 47.4 Å². The highest BCUT2D eigenvalue weighted by Gasteiger charge is 2.20. The molecule has 8 heteroatoms. The third kappa shape index (κ3) is 4.18. The van der Waals surface area contributed by atoms with Gasteiger partial charge >= 0.3 is 0 Å². The second kappa shape index (κ2) is 7.55. The Morgan fingerprint density at radius 2 is 1.92 bits per heavy atom. The maximum Gasteiger partial charge on any atom is 0.265 e. The lowest BCUT2D eigenvalue weighted by atomic mass is 10.2. The molecular weight excluding hydrogens is 352 g/mol. The van der Waals surface area contributed by atoms with E-state index < -0.39 is 10.0 Å². The third-order valence-corrected chi connectivity index (χ3v) is 4.91. The SMILES string of the molecule is CCC(=O)Nc1ccc(Cl)c(NS(=O)(=O)c2ccccc2OC)c1. The molecule has 1 amide bonds. The molecule has 6 nitrogen and oxygen atoms in total. The minimum absolute atomic E-state index is 0.00781. The fraction of sp³-hybridized carbons (Fsp3) is 0.188. The summed E-state index contributed by atoms with van der Waals surface area (Å²) < 4.78 is 32.7. The van der Waals surface area contributed by atoms with Crippen molar-refractivity contribution in [3.8, 4) is 5.75 Å². The number of halogens is 1. The molecule has 0 heterocycles. The lowest BCUT2D eigenvalue weighted by Gasteiger charge is -2.13. The van der Waals surface area contributed by atoms with Gasteiger partial charge in [-0.2, -0.15) is 0 Å². The standard InChI is InChI=1S/C16H17ClN2O4S/c1-3-16(20)18-11-8-9-12(17)13(10-11)19-24(21,22)15-7-5-4-6-14(15)23-2/h4-10,19H,3H2,1-2H3,(H,18,20). The Kier molecular flexibility index (Phi) is 5.69. The Morgan fingerprint density at radius 3 is 2.58 bits per heavy atom. The van der Waals surface area contributed by atoms with Crippen LogP contribution < -0.4 is 14.8 Å². The molecule has 0 fully saturated rings. The number of benzene rings is 2.